The Kier molecular flexibility index (Phi) is 2.94. The third-order valence-corrected chi connectivity index (χ3v) is 4.67. The zero-order chi connectivity index (χ0) is 15.3. The van der Waals surface area contributed by atoms with Crippen molar-refractivity contribution in [2.24, 2.45) is 0 Å². The molecular weight excluding hydrogens is 303 g/mol. The maximum absolute atomic E-state index is 14.0. The van der Waals surface area contributed by atoms with Crippen LogP contribution in [0.2, 0.25) is 0 Å². The molecule has 2 heterocycles. The van der Waals surface area contributed by atoms with Crippen molar-refractivity contribution in [1.82, 2.24) is 9.97 Å². The largest absolute Gasteiger partial charge is 0.437 e. The van der Waals surface area contributed by atoms with Crippen LogP contribution in [0.5, 0.6) is 11.6 Å². The van der Waals surface area contributed by atoms with Gasteiger partial charge in [0.05, 0.1) is 10.9 Å². The minimum atomic E-state index is -0.357. The number of Topliss-reactive ketones (excluding diaryl/α,β-unsaturated/α-hetero) is 1. The number of hydrogen-bond donors (Lipinski definition) is 0. The monoisotopic (exact) mass is 314 g/mol. The lowest BCUT2D eigenvalue weighted by Crippen LogP contribution is -2.00. The Morgan fingerprint density at radius 1 is 1.32 bits per heavy atom. The van der Waals surface area contributed by atoms with E-state index in [1.807, 2.05) is 18.4 Å². The Morgan fingerprint density at radius 3 is 3.05 bits per heavy atom. The molecule has 3 aromatic rings. The smallest absolute Gasteiger partial charge is 0.231 e. The molecule has 1 aromatic carbocycles. The molecule has 6 heteroatoms. The number of nitrogens with zero attached hydrogens (tertiary/aromatic N) is 2. The number of aromatic nitrogens is 2. The summed E-state index contributed by atoms with van der Waals surface area (Å²) in [7, 11) is 0. The van der Waals surface area contributed by atoms with Crippen molar-refractivity contribution >= 4 is 27.3 Å². The normalized spacial score (nSPS) is 17.0. The molecule has 0 saturated heterocycles. The third-order valence-electron chi connectivity index (χ3n) is 3.85. The van der Waals surface area contributed by atoms with Crippen LogP contribution in [0.1, 0.15) is 35.2 Å². The van der Waals surface area contributed by atoms with E-state index in [2.05, 4.69) is 9.97 Å². The summed E-state index contributed by atoms with van der Waals surface area (Å²) in [6.07, 6.45) is 1.73. The number of halogens is 1. The summed E-state index contributed by atoms with van der Waals surface area (Å²) < 4.78 is 19.8. The van der Waals surface area contributed by atoms with Crippen LogP contribution >= 0.6 is 11.3 Å². The molecule has 2 aromatic heterocycles. The first-order valence-electron chi connectivity index (χ1n) is 6.87. The van der Waals surface area contributed by atoms with Crippen LogP contribution in [0.4, 0.5) is 4.39 Å². The second kappa shape index (κ2) is 4.84. The van der Waals surface area contributed by atoms with E-state index in [0.29, 0.717) is 29.2 Å². The number of fused-ring (bicyclic) bond motifs is 2. The van der Waals surface area contributed by atoms with Gasteiger partial charge in [0.25, 0.3) is 0 Å². The first kappa shape index (κ1) is 13.3. The molecule has 0 saturated carbocycles. The minimum Gasteiger partial charge on any atom is -0.437 e. The van der Waals surface area contributed by atoms with Gasteiger partial charge in [0, 0.05) is 12.0 Å². The van der Waals surface area contributed by atoms with Crippen molar-refractivity contribution in [2.75, 3.05) is 0 Å². The van der Waals surface area contributed by atoms with E-state index in [-0.39, 0.29) is 17.5 Å². The lowest BCUT2D eigenvalue weighted by molar-refractivity contribution is 0.0988. The number of benzene rings is 1. The van der Waals surface area contributed by atoms with Gasteiger partial charge in [-0.3, -0.25) is 4.79 Å². The summed E-state index contributed by atoms with van der Waals surface area (Å²) in [5.41, 5.74) is 0.785. The predicted octanol–water partition coefficient (Wildman–Crippen LogP) is 4.31. The number of thiophene rings is 1. The molecule has 4 nitrogen and oxygen atoms in total. The molecule has 1 aliphatic rings. The van der Waals surface area contributed by atoms with Crippen LogP contribution in [0.3, 0.4) is 0 Å². The average molecular weight is 314 g/mol. The average Bonchev–Trinajstić information content (AvgIpc) is 3.08. The molecule has 0 N–H and O–H groups in total. The molecule has 1 unspecified atom stereocenters. The fourth-order valence-electron chi connectivity index (χ4n) is 2.86. The zero-order valence-corrected chi connectivity index (χ0v) is 12.5. The van der Waals surface area contributed by atoms with Crippen LogP contribution in [0.15, 0.2) is 29.9 Å². The van der Waals surface area contributed by atoms with Crippen LogP contribution in [-0.2, 0) is 0 Å². The van der Waals surface area contributed by atoms with Gasteiger partial charge in [0.2, 0.25) is 5.88 Å². The molecule has 1 atom stereocenters. The lowest BCUT2D eigenvalue weighted by atomic mass is 10.0. The van der Waals surface area contributed by atoms with E-state index in [9.17, 15) is 9.18 Å². The van der Waals surface area contributed by atoms with Crippen molar-refractivity contribution in [3.63, 3.8) is 0 Å². The number of rotatable bonds is 2. The summed E-state index contributed by atoms with van der Waals surface area (Å²) in [5, 5.41) is 2.68. The van der Waals surface area contributed by atoms with Crippen LogP contribution in [-0.4, -0.2) is 15.8 Å². The standard InChI is InChI=1S/C16H11FN2O2S/c1-8-6-11(20)14-12(3-2-10(17)13(8)14)21-15-9-4-5-22-16(9)19-7-18-15/h2-5,7-8H,6H2,1H3. The molecule has 0 spiro atoms. The molecule has 4 rings (SSSR count). The predicted molar refractivity (Wildman–Crippen MR) is 81.3 cm³/mol. The summed E-state index contributed by atoms with van der Waals surface area (Å²) in [4.78, 5) is 21.3. The van der Waals surface area contributed by atoms with Gasteiger partial charge in [-0.15, -0.1) is 11.3 Å². The fraction of sp³-hybridized carbons (Fsp3) is 0.188. The highest BCUT2D eigenvalue weighted by Gasteiger charge is 2.32. The number of ketones is 1. The maximum atomic E-state index is 14.0. The van der Waals surface area contributed by atoms with E-state index in [1.54, 1.807) is 0 Å². The number of ether oxygens (including phenoxy) is 1. The topological polar surface area (TPSA) is 52.1 Å². The summed E-state index contributed by atoms with van der Waals surface area (Å²) in [6.45, 7) is 1.85. The SMILES string of the molecule is CC1CC(=O)c2c(Oc3ncnc4sccc34)ccc(F)c21. The van der Waals surface area contributed by atoms with Gasteiger partial charge in [-0.05, 0) is 29.5 Å². The lowest BCUT2D eigenvalue weighted by Gasteiger charge is -2.11. The molecule has 0 amide bonds. The number of carbonyl (C=O) groups excluding carboxylic acids is 1. The first-order valence-corrected chi connectivity index (χ1v) is 7.74. The van der Waals surface area contributed by atoms with Gasteiger partial charge < -0.3 is 4.74 Å². The Hall–Kier alpha value is -2.34. The molecule has 0 radical (unpaired) electrons. The Morgan fingerprint density at radius 2 is 2.18 bits per heavy atom. The molecule has 22 heavy (non-hydrogen) atoms. The van der Waals surface area contributed by atoms with E-state index < -0.39 is 0 Å². The Balaban J connectivity index is 1.85. The van der Waals surface area contributed by atoms with Crippen molar-refractivity contribution < 1.29 is 13.9 Å². The minimum absolute atomic E-state index is 0.0902. The molecular formula is C16H11FN2O2S. The van der Waals surface area contributed by atoms with Gasteiger partial charge >= 0.3 is 0 Å². The highest BCUT2D eigenvalue weighted by molar-refractivity contribution is 7.16. The Labute approximate surface area is 129 Å². The maximum Gasteiger partial charge on any atom is 0.231 e. The second-order valence-corrected chi connectivity index (χ2v) is 6.18. The van der Waals surface area contributed by atoms with Crippen molar-refractivity contribution in [2.45, 2.75) is 19.3 Å². The van der Waals surface area contributed by atoms with E-state index >= 15 is 0 Å². The van der Waals surface area contributed by atoms with Crippen LogP contribution in [0, 0.1) is 5.82 Å². The van der Waals surface area contributed by atoms with Crippen LogP contribution < -0.4 is 4.74 Å². The quantitative estimate of drug-likeness (QED) is 0.707. The van der Waals surface area contributed by atoms with Gasteiger partial charge in [0.15, 0.2) is 5.78 Å². The molecule has 0 fully saturated rings. The van der Waals surface area contributed by atoms with E-state index in [0.717, 1.165) is 10.2 Å². The molecule has 0 bridgehead atoms. The highest BCUT2D eigenvalue weighted by Crippen LogP contribution is 2.41. The second-order valence-electron chi connectivity index (χ2n) is 5.28. The van der Waals surface area contributed by atoms with Crippen LogP contribution in [0.25, 0.3) is 10.2 Å². The number of hydrogen-bond acceptors (Lipinski definition) is 5. The number of carbonyl (C=O) groups is 1. The van der Waals surface area contributed by atoms with Crippen molar-refractivity contribution in [3.05, 3.63) is 46.9 Å². The molecule has 1 aliphatic carbocycles. The van der Waals surface area contributed by atoms with Crippen molar-refractivity contribution in [1.29, 1.82) is 0 Å². The van der Waals surface area contributed by atoms with Gasteiger partial charge in [-0.2, -0.15) is 0 Å². The first-order chi connectivity index (χ1) is 10.6. The van der Waals surface area contributed by atoms with E-state index in [1.165, 1.54) is 29.8 Å². The van der Waals surface area contributed by atoms with Gasteiger partial charge in [-0.1, -0.05) is 6.92 Å². The van der Waals surface area contributed by atoms with Crippen molar-refractivity contribution in [3.8, 4) is 11.6 Å². The zero-order valence-electron chi connectivity index (χ0n) is 11.7. The van der Waals surface area contributed by atoms with Gasteiger partial charge in [0.1, 0.15) is 22.7 Å². The van der Waals surface area contributed by atoms with Gasteiger partial charge in [-0.25, -0.2) is 14.4 Å². The summed E-state index contributed by atoms with van der Waals surface area (Å²) in [6, 6.07) is 4.70. The Bertz CT molecular complexity index is 906. The summed E-state index contributed by atoms with van der Waals surface area (Å²) in [5.74, 6) is 0.165. The molecule has 110 valence electrons. The summed E-state index contributed by atoms with van der Waals surface area (Å²) >= 11 is 1.48. The molecule has 0 aliphatic heterocycles. The van der Waals surface area contributed by atoms with E-state index in [4.69, 9.17) is 4.74 Å². The highest BCUT2D eigenvalue weighted by atomic mass is 32.1. The fourth-order valence-corrected chi connectivity index (χ4v) is 3.59. The third kappa shape index (κ3) is 1.91.